The summed E-state index contributed by atoms with van der Waals surface area (Å²) in [6, 6.07) is 0.542. The molecule has 0 bridgehead atoms. The van der Waals surface area contributed by atoms with E-state index in [2.05, 4.69) is 0 Å². The van der Waals surface area contributed by atoms with Crippen molar-refractivity contribution in [3.63, 3.8) is 0 Å². The second-order valence-corrected chi connectivity index (χ2v) is 6.04. The second-order valence-electron chi connectivity index (χ2n) is 3.03. The number of hydrogen-bond acceptors (Lipinski definition) is 3. The average molecular weight is 220 g/mol. The quantitative estimate of drug-likeness (QED) is 0.639. The van der Waals surface area contributed by atoms with Gasteiger partial charge in [-0.1, -0.05) is 19.8 Å². The molecule has 0 aromatic heterocycles. The summed E-state index contributed by atoms with van der Waals surface area (Å²) in [4.78, 5) is 11.1. The van der Waals surface area contributed by atoms with Crippen LogP contribution < -0.4 is 0 Å². The Kier molecular flexibility index (Phi) is 6.78. The molecular weight excluding hydrogens is 200 g/mol. The van der Waals surface area contributed by atoms with Gasteiger partial charge in [0.15, 0.2) is 0 Å². The van der Waals surface area contributed by atoms with Gasteiger partial charge >= 0.3 is 14.2 Å². The van der Waals surface area contributed by atoms with Gasteiger partial charge in [0.2, 0.25) is 0 Å². The highest BCUT2D eigenvalue weighted by Gasteiger charge is 2.46. The number of hydrogen-bond donors (Lipinski definition) is 1. The third-order valence-electron chi connectivity index (χ3n) is 1.94. The highest BCUT2D eigenvalue weighted by Crippen LogP contribution is 2.18. The van der Waals surface area contributed by atoms with Gasteiger partial charge in [-0.05, 0) is 13.8 Å². The van der Waals surface area contributed by atoms with E-state index in [1.165, 1.54) is 0 Å². The van der Waals surface area contributed by atoms with Crippen LogP contribution in [-0.2, 0) is 8.85 Å². The minimum Gasteiger partial charge on any atom is -0.481 e. The molecule has 0 aliphatic heterocycles. The van der Waals surface area contributed by atoms with Gasteiger partial charge in [-0.3, -0.25) is 4.79 Å². The molecule has 0 saturated carbocycles. The lowest BCUT2D eigenvalue weighted by Crippen LogP contribution is -2.50. The van der Waals surface area contributed by atoms with Crippen LogP contribution in [0.2, 0.25) is 6.04 Å². The van der Waals surface area contributed by atoms with Gasteiger partial charge in [0.1, 0.15) is 0 Å². The van der Waals surface area contributed by atoms with Gasteiger partial charge in [-0.15, -0.1) is 0 Å². The van der Waals surface area contributed by atoms with Crippen molar-refractivity contribution < 1.29 is 18.8 Å². The average Bonchev–Trinajstić information content (AvgIpc) is 2.14. The first-order valence-electron chi connectivity index (χ1n) is 5.14. The van der Waals surface area contributed by atoms with Crippen molar-refractivity contribution in [2.24, 2.45) is 0 Å². The highest BCUT2D eigenvalue weighted by molar-refractivity contribution is 6.95. The third kappa shape index (κ3) is 3.77. The van der Waals surface area contributed by atoms with Crippen LogP contribution in [0.5, 0.6) is 0 Å². The fourth-order valence-electron chi connectivity index (χ4n) is 1.29. The topological polar surface area (TPSA) is 55.8 Å². The largest absolute Gasteiger partial charge is 0.481 e. The molecule has 1 N–H and O–H groups in total. The lowest BCUT2D eigenvalue weighted by molar-refractivity contribution is 0.156. The molecule has 0 atom stereocenters. The number of carbonyl (C=O) groups is 1. The molecule has 0 rings (SSSR count). The van der Waals surface area contributed by atoms with Gasteiger partial charge in [-0.2, -0.15) is 0 Å². The van der Waals surface area contributed by atoms with Crippen LogP contribution in [0.25, 0.3) is 0 Å². The number of unbranched alkanes of at least 4 members (excludes halogenated alkanes) is 1. The fourth-order valence-corrected chi connectivity index (χ4v) is 3.88. The van der Waals surface area contributed by atoms with Crippen LogP contribution in [0.15, 0.2) is 0 Å². The fraction of sp³-hybridized carbons (Fsp3) is 0.889. The summed E-state index contributed by atoms with van der Waals surface area (Å²) in [5.41, 5.74) is -0.894. The van der Waals surface area contributed by atoms with E-state index in [4.69, 9.17) is 14.0 Å². The first-order chi connectivity index (χ1) is 6.63. The molecule has 0 saturated heterocycles. The van der Waals surface area contributed by atoms with E-state index in [0.29, 0.717) is 19.3 Å². The Morgan fingerprint density at radius 2 is 1.71 bits per heavy atom. The standard InChI is InChI=1S/C9H20O4Si/c1-4-7-8-14(9(10)11,12-5-2)13-6-3/h4-8H2,1-3H3,(H,10,11). The Bertz CT molecular complexity index is 166. The second kappa shape index (κ2) is 6.97. The lowest BCUT2D eigenvalue weighted by atomic mass is 10.4. The van der Waals surface area contributed by atoms with Crippen LogP contribution in [0, 0.1) is 0 Å². The van der Waals surface area contributed by atoms with Gasteiger partial charge in [0.25, 0.3) is 0 Å². The van der Waals surface area contributed by atoms with Gasteiger partial charge in [0, 0.05) is 19.3 Å². The van der Waals surface area contributed by atoms with Crippen molar-refractivity contribution in [3.8, 4) is 0 Å². The summed E-state index contributed by atoms with van der Waals surface area (Å²) >= 11 is 0. The molecule has 0 unspecified atom stereocenters. The maximum Gasteiger partial charge on any atom is 0.462 e. The van der Waals surface area contributed by atoms with Crippen molar-refractivity contribution in [2.75, 3.05) is 13.2 Å². The molecule has 0 amide bonds. The predicted octanol–water partition coefficient (Wildman–Crippen LogP) is 2.56. The Morgan fingerprint density at radius 1 is 1.21 bits per heavy atom. The smallest absolute Gasteiger partial charge is 0.462 e. The number of rotatable bonds is 8. The maximum absolute atomic E-state index is 11.1. The SMILES string of the molecule is CCCC[Si](OCC)(OCC)C(=O)O. The summed E-state index contributed by atoms with van der Waals surface area (Å²) in [6.07, 6.45) is 1.81. The van der Waals surface area contributed by atoms with Crippen LogP contribution in [0.1, 0.15) is 33.6 Å². The molecule has 0 heterocycles. The minimum atomic E-state index is -2.98. The zero-order valence-electron chi connectivity index (χ0n) is 9.21. The Balaban J connectivity index is 4.46. The lowest BCUT2D eigenvalue weighted by Gasteiger charge is -2.24. The molecule has 84 valence electrons. The maximum atomic E-state index is 11.1. The van der Waals surface area contributed by atoms with Gasteiger partial charge < -0.3 is 14.0 Å². The predicted molar refractivity (Wildman–Crippen MR) is 56.7 cm³/mol. The van der Waals surface area contributed by atoms with Crippen LogP contribution in [0.3, 0.4) is 0 Å². The van der Waals surface area contributed by atoms with Crippen LogP contribution in [0.4, 0.5) is 4.79 Å². The monoisotopic (exact) mass is 220 g/mol. The molecule has 0 spiro atoms. The molecule has 14 heavy (non-hydrogen) atoms. The molecule has 0 aliphatic rings. The van der Waals surface area contributed by atoms with Crippen molar-refractivity contribution in [1.82, 2.24) is 0 Å². The molecule has 4 nitrogen and oxygen atoms in total. The van der Waals surface area contributed by atoms with Crippen LogP contribution in [-0.4, -0.2) is 32.5 Å². The normalized spacial score (nSPS) is 11.6. The van der Waals surface area contributed by atoms with Crippen molar-refractivity contribution in [3.05, 3.63) is 0 Å². The van der Waals surface area contributed by atoms with E-state index < -0.39 is 14.2 Å². The Hall–Kier alpha value is -0.393. The van der Waals surface area contributed by atoms with E-state index in [1.807, 2.05) is 6.92 Å². The van der Waals surface area contributed by atoms with E-state index in [0.717, 1.165) is 12.8 Å². The number of carboxylic acid groups (broad SMARTS) is 1. The van der Waals surface area contributed by atoms with E-state index in [-0.39, 0.29) is 0 Å². The van der Waals surface area contributed by atoms with E-state index >= 15 is 0 Å². The van der Waals surface area contributed by atoms with Gasteiger partial charge in [0.05, 0.1) is 0 Å². The minimum absolute atomic E-state index is 0.405. The molecule has 0 aromatic carbocycles. The summed E-state index contributed by atoms with van der Waals surface area (Å²) in [5.74, 6) is 0. The van der Waals surface area contributed by atoms with Crippen molar-refractivity contribution in [1.29, 1.82) is 0 Å². The van der Waals surface area contributed by atoms with Gasteiger partial charge in [-0.25, -0.2) is 0 Å². The molecule has 0 radical (unpaired) electrons. The van der Waals surface area contributed by atoms with Crippen molar-refractivity contribution >= 4 is 14.2 Å². The summed E-state index contributed by atoms with van der Waals surface area (Å²) < 4.78 is 10.7. The van der Waals surface area contributed by atoms with Crippen molar-refractivity contribution in [2.45, 2.75) is 39.7 Å². The molecular formula is C9H20O4Si. The zero-order chi connectivity index (χ0) is 11.0. The molecule has 0 aliphatic carbocycles. The van der Waals surface area contributed by atoms with E-state index in [9.17, 15) is 4.79 Å². The zero-order valence-corrected chi connectivity index (χ0v) is 10.2. The highest BCUT2D eigenvalue weighted by atomic mass is 28.4. The first-order valence-corrected chi connectivity index (χ1v) is 7.16. The first kappa shape index (κ1) is 13.6. The molecule has 0 fully saturated rings. The summed E-state index contributed by atoms with van der Waals surface area (Å²) in [6.45, 7) is 6.44. The molecule has 0 aromatic rings. The third-order valence-corrected chi connectivity index (χ3v) is 5.11. The Labute approximate surface area is 86.5 Å². The summed E-state index contributed by atoms with van der Waals surface area (Å²) in [5, 5.41) is 9.12. The van der Waals surface area contributed by atoms with Crippen LogP contribution >= 0.6 is 0 Å². The van der Waals surface area contributed by atoms with E-state index in [1.54, 1.807) is 13.8 Å². The summed E-state index contributed by atoms with van der Waals surface area (Å²) in [7, 11) is -2.98. The Morgan fingerprint density at radius 3 is 2.00 bits per heavy atom. The molecule has 5 heteroatoms.